The summed E-state index contributed by atoms with van der Waals surface area (Å²) in [6, 6.07) is 7.75. The van der Waals surface area contributed by atoms with Gasteiger partial charge in [0.05, 0.1) is 5.69 Å². The topological polar surface area (TPSA) is 39.3 Å². The number of carbonyl (C=O) groups excluding carboxylic acids is 1. The second-order valence-corrected chi connectivity index (χ2v) is 6.85. The van der Waals surface area contributed by atoms with Gasteiger partial charge in [-0.1, -0.05) is 25.8 Å². The van der Waals surface area contributed by atoms with Gasteiger partial charge < -0.3 is 8.97 Å². The van der Waals surface area contributed by atoms with Crippen LogP contribution in [0.5, 0.6) is 0 Å². The van der Waals surface area contributed by atoms with Gasteiger partial charge in [-0.3, -0.25) is 4.79 Å². The number of hydrogen-bond donors (Lipinski definition) is 0. The lowest BCUT2D eigenvalue weighted by atomic mass is 9.84. The highest BCUT2D eigenvalue weighted by molar-refractivity contribution is 5.96. The smallest absolute Gasteiger partial charge is 0.179 e. The summed E-state index contributed by atoms with van der Waals surface area (Å²) < 4.78 is 3.97. The molecule has 1 aliphatic heterocycles. The summed E-state index contributed by atoms with van der Waals surface area (Å²) in [5.74, 6) is 6.41. The zero-order chi connectivity index (χ0) is 16.0. The van der Waals surface area contributed by atoms with E-state index in [9.17, 15) is 4.79 Å². The Balaban J connectivity index is 1.67. The van der Waals surface area contributed by atoms with E-state index in [1.165, 1.54) is 0 Å². The normalized spacial score (nSPS) is 16.0. The van der Waals surface area contributed by atoms with Crippen LogP contribution in [-0.2, 0) is 6.54 Å². The van der Waals surface area contributed by atoms with Gasteiger partial charge in [-0.25, -0.2) is 4.98 Å². The molecule has 3 aromatic rings. The minimum atomic E-state index is 0.00932. The molecule has 0 fully saturated rings. The van der Waals surface area contributed by atoms with Gasteiger partial charge in [0, 0.05) is 37.1 Å². The number of imidazole rings is 1. The SMILES string of the molecule is CC1(C)CC(=O)c2cc(C#Cc3cn4ccccc4n3)cn2C1. The zero-order valence-electron chi connectivity index (χ0n) is 13.2. The summed E-state index contributed by atoms with van der Waals surface area (Å²) in [5.41, 5.74) is 3.25. The summed E-state index contributed by atoms with van der Waals surface area (Å²) in [4.78, 5) is 16.7. The third-order valence-corrected chi connectivity index (χ3v) is 4.12. The maximum Gasteiger partial charge on any atom is 0.179 e. The Morgan fingerprint density at radius 2 is 2.09 bits per heavy atom. The second-order valence-electron chi connectivity index (χ2n) is 6.85. The third-order valence-electron chi connectivity index (χ3n) is 4.12. The van der Waals surface area contributed by atoms with Crippen molar-refractivity contribution in [3.05, 3.63) is 59.8 Å². The molecular formula is C19H17N3O. The van der Waals surface area contributed by atoms with E-state index in [4.69, 9.17) is 0 Å². The second kappa shape index (κ2) is 4.85. The zero-order valence-corrected chi connectivity index (χ0v) is 13.2. The van der Waals surface area contributed by atoms with Crippen molar-refractivity contribution in [2.24, 2.45) is 5.41 Å². The van der Waals surface area contributed by atoms with Crippen LogP contribution >= 0.6 is 0 Å². The fraction of sp³-hybridized carbons (Fsp3) is 0.263. The molecule has 0 saturated carbocycles. The molecular weight excluding hydrogens is 286 g/mol. The molecule has 0 amide bonds. The largest absolute Gasteiger partial charge is 0.343 e. The average Bonchev–Trinajstić information content (AvgIpc) is 3.06. The van der Waals surface area contributed by atoms with E-state index in [1.54, 1.807) is 0 Å². The fourth-order valence-electron chi connectivity index (χ4n) is 3.12. The number of rotatable bonds is 0. The molecule has 4 heteroatoms. The third kappa shape index (κ3) is 2.55. The van der Waals surface area contributed by atoms with E-state index < -0.39 is 0 Å². The van der Waals surface area contributed by atoms with Crippen LogP contribution in [0.3, 0.4) is 0 Å². The highest BCUT2D eigenvalue weighted by Crippen LogP contribution is 2.31. The Morgan fingerprint density at radius 1 is 1.22 bits per heavy atom. The Labute approximate surface area is 134 Å². The molecule has 23 heavy (non-hydrogen) atoms. The van der Waals surface area contributed by atoms with Gasteiger partial charge in [-0.15, -0.1) is 0 Å². The summed E-state index contributed by atoms with van der Waals surface area (Å²) >= 11 is 0. The van der Waals surface area contributed by atoms with Gasteiger partial charge in [-0.2, -0.15) is 0 Å². The summed E-state index contributed by atoms with van der Waals surface area (Å²) in [6.07, 6.45) is 6.42. The van der Waals surface area contributed by atoms with Gasteiger partial charge in [0.25, 0.3) is 0 Å². The van der Waals surface area contributed by atoms with Gasteiger partial charge in [0.2, 0.25) is 0 Å². The number of ketones is 1. The van der Waals surface area contributed by atoms with Crippen LogP contribution in [0.2, 0.25) is 0 Å². The maximum atomic E-state index is 12.2. The van der Waals surface area contributed by atoms with Crippen LogP contribution in [0.15, 0.2) is 42.9 Å². The first-order chi connectivity index (χ1) is 11.0. The number of Topliss-reactive ketones (excluding diaryl/α,β-unsaturated/α-hetero) is 1. The molecule has 0 atom stereocenters. The first-order valence-electron chi connectivity index (χ1n) is 7.69. The molecule has 0 saturated heterocycles. The summed E-state index contributed by atoms with van der Waals surface area (Å²) in [5, 5.41) is 0. The predicted octanol–water partition coefficient (Wildman–Crippen LogP) is 3.15. The minimum Gasteiger partial charge on any atom is -0.343 e. The number of hydrogen-bond acceptors (Lipinski definition) is 2. The number of carbonyl (C=O) groups is 1. The first kappa shape index (κ1) is 13.8. The summed E-state index contributed by atoms with van der Waals surface area (Å²) in [7, 11) is 0. The van der Waals surface area contributed by atoms with E-state index in [0.717, 1.165) is 29.1 Å². The van der Waals surface area contributed by atoms with Crippen LogP contribution in [0, 0.1) is 17.3 Å². The Hall–Kier alpha value is -2.80. The van der Waals surface area contributed by atoms with E-state index in [-0.39, 0.29) is 11.2 Å². The van der Waals surface area contributed by atoms with Crippen molar-refractivity contribution in [1.82, 2.24) is 14.0 Å². The van der Waals surface area contributed by atoms with Crippen LogP contribution in [0.4, 0.5) is 0 Å². The van der Waals surface area contributed by atoms with Crippen molar-refractivity contribution in [1.29, 1.82) is 0 Å². The van der Waals surface area contributed by atoms with Crippen molar-refractivity contribution < 1.29 is 4.79 Å². The fourth-order valence-corrected chi connectivity index (χ4v) is 3.12. The number of pyridine rings is 1. The minimum absolute atomic E-state index is 0.00932. The van der Waals surface area contributed by atoms with Crippen molar-refractivity contribution >= 4 is 11.4 Å². The Morgan fingerprint density at radius 3 is 2.91 bits per heavy atom. The van der Waals surface area contributed by atoms with Crippen LogP contribution in [0.1, 0.15) is 42.0 Å². The molecule has 114 valence electrons. The number of aromatic nitrogens is 3. The van der Waals surface area contributed by atoms with Crippen LogP contribution in [-0.4, -0.2) is 19.7 Å². The van der Waals surface area contributed by atoms with Crippen molar-refractivity contribution in [3.8, 4) is 11.8 Å². The van der Waals surface area contributed by atoms with Crippen LogP contribution in [0.25, 0.3) is 5.65 Å². The molecule has 0 aliphatic carbocycles. The van der Waals surface area contributed by atoms with Gasteiger partial charge in [0.1, 0.15) is 11.3 Å². The lowest BCUT2D eigenvalue weighted by Gasteiger charge is -2.30. The molecule has 1 aliphatic rings. The highest BCUT2D eigenvalue weighted by atomic mass is 16.1. The maximum absolute atomic E-state index is 12.2. The van der Waals surface area contributed by atoms with Crippen LogP contribution < -0.4 is 0 Å². The molecule has 0 N–H and O–H groups in total. The molecule has 4 rings (SSSR count). The van der Waals surface area contributed by atoms with Crippen molar-refractivity contribution in [3.63, 3.8) is 0 Å². The highest BCUT2D eigenvalue weighted by Gasteiger charge is 2.31. The Kier molecular flexibility index (Phi) is 2.92. The van der Waals surface area contributed by atoms with Gasteiger partial charge in [-0.05, 0) is 29.5 Å². The molecule has 0 aromatic carbocycles. The van der Waals surface area contributed by atoms with E-state index >= 15 is 0 Å². The molecule has 0 radical (unpaired) electrons. The molecule has 0 unspecified atom stereocenters. The molecule has 3 aromatic heterocycles. The number of nitrogens with zero attached hydrogens (tertiary/aromatic N) is 3. The molecule has 4 heterocycles. The van der Waals surface area contributed by atoms with Gasteiger partial charge in [0.15, 0.2) is 5.78 Å². The average molecular weight is 303 g/mol. The standard InChI is InChI=1S/C19H17N3O/c1-19(2)10-17(23)16-9-14(11-22(16)13-19)6-7-15-12-21-8-4-3-5-18(21)20-15/h3-5,8-9,11-12H,10,13H2,1-2H3. The van der Waals surface area contributed by atoms with E-state index in [2.05, 4.69) is 30.7 Å². The van der Waals surface area contributed by atoms with Crippen molar-refractivity contribution in [2.45, 2.75) is 26.8 Å². The Bertz CT molecular complexity index is 946. The van der Waals surface area contributed by atoms with Gasteiger partial charge >= 0.3 is 0 Å². The lowest BCUT2D eigenvalue weighted by molar-refractivity contribution is 0.0870. The molecule has 0 spiro atoms. The monoisotopic (exact) mass is 303 g/mol. The lowest BCUT2D eigenvalue weighted by Crippen LogP contribution is -2.30. The van der Waals surface area contributed by atoms with Crippen molar-refractivity contribution in [2.75, 3.05) is 0 Å². The predicted molar refractivity (Wildman–Crippen MR) is 88.3 cm³/mol. The molecule has 4 nitrogen and oxygen atoms in total. The summed E-state index contributed by atoms with van der Waals surface area (Å²) in [6.45, 7) is 5.09. The van der Waals surface area contributed by atoms with E-state index in [0.29, 0.717) is 6.42 Å². The first-order valence-corrected chi connectivity index (χ1v) is 7.69. The quantitative estimate of drug-likeness (QED) is 0.598. The molecule has 0 bridgehead atoms. The number of fused-ring (bicyclic) bond motifs is 2. The van der Waals surface area contributed by atoms with E-state index in [1.807, 2.05) is 51.8 Å².